The van der Waals surface area contributed by atoms with Crippen LogP contribution < -0.4 is 0 Å². The second kappa shape index (κ2) is 7.03. The molecule has 108 valence electrons. The maximum Gasteiger partial charge on any atom is 0.0630 e. The number of aryl methyl sites for hydroxylation is 1. The Bertz CT molecular complexity index is 616. The number of allylic oxidation sites excluding steroid dienone is 1. The Balaban J connectivity index is 2.02. The van der Waals surface area contributed by atoms with Crippen molar-refractivity contribution in [2.75, 3.05) is 0 Å². The molecule has 2 rings (SSSR count). The third-order valence-electron chi connectivity index (χ3n) is 3.62. The summed E-state index contributed by atoms with van der Waals surface area (Å²) in [5.74, 6) is 0.535. The molecule has 0 bridgehead atoms. The van der Waals surface area contributed by atoms with E-state index in [9.17, 15) is 0 Å². The molecule has 0 saturated heterocycles. The number of aliphatic imine (C=N–C) groups is 1. The van der Waals surface area contributed by atoms with Crippen LogP contribution in [-0.2, 0) is 6.42 Å². The number of hydrogen-bond donors (Lipinski definition) is 0. The van der Waals surface area contributed by atoms with Gasteiger partial charge in [0.05, 0.1) is 5.69 Å². The molecule has 0 aliphatic heterocycles. The van der Waals surface area contributed by atoms with Gasteiger partial charge in [0.15, 0.2) is 0 Å². The van der Waals surface area contributed by atoms with Gasteiger partial charge in [0.1, 0.15) is 0 Å². The van der Waals surface area contributed by atoms with Gasteiger partial charge in [-0.15, -0.1) is 0 Å². The summed E-state index contributed by atoms with van der Waals surface area (Å²) < 4.78 is 0. The topological polar surface area (TPSA) is 12.4 Å². The summed E-state index contributed by atoms with van der Waals surface area (Å²) in [5, 5.41) is 0. The monoisotopic (exact) mass is 277 g/mol. The minimum absolute atomic E-state index is 0.535. The molecule has 0 unspecified atom stereocenters. The molecule has 0 spiro atoms. The zero-order chi connectivity index (χ0) is 15.2. The molecule has 2 aromatic rings. The van der Waals surface area contributed by atoms with E-state index in [0.29, 0.717) is 5.92 Å². The summed E-state index contributed by atoms with van der Waals surface area (Å²) in [4.78, 5) is 4.49. The van der Waals surface area contributed by atoms with Gasteiger partial charge in [-0.2, -0.15) is 0 Å². The molecule has 1 heteroatoms. The highest BCUT2D eigenvalue weighted by atomic mass is 14.7. The average Bonchev–Trinajstić information content (AvgIpc) is 2.48. The molecule has 0 aromatic heterocycles. The van der Waals surface area contributed by atoms with E-state index in [-0.39, 0.29) is 0 Å². The molecular weight excluding hydrogens is 254 g/mol. The molecule has 0 radical (unpaired) electrons. The third kappa shape index (κ3) is 4.71. The highest BCUT2D eigenvalue weighted by molar-refractivity contribution is 5.81. The van der Waals surface area contributed by atoms with Crippen LogP contribution in [0.2, 0.25) is 0 Å². The minimum Gasteiger partial charge on any atom is -0.256 e. The second-order valence-electron chi connectivity index (χ2n) is 5.83. The fourth-order valence-electron chi connectivity index (χ4n) is 1.97. The molecule has 0 N–H and O–H groups in total. The predicted octanol–water partition coefficient (Wildman–Crippen LogP) is 5.50. The minimum atomic E-state index is 0.535. The van der Waals surface area contributed by atoms with Crippen LogP contribution >= 0.6 is 0 Å². The summed E-state index contributed by atoms with van der Waals surface area (Å²) in [6, 6.07) is 16.8. The standard InChI is InChI=1S/C20H23N/c1-15(2)17(4)13-18-7-9-19(10-8-18)14-21-20-11-5-16(3)6-12-20/h5-12,14-15H,4,13H2,1-3H3/b21-14+. The fraction of sp³-hybridized carbons (Fsp3) is 0.250. The maximum atomic E-state index is 4.49. The highest BCUT2D eigenvalue weighted by Gasteiger charge is 2.01. The number of hydrogen-bond acceptors (Lipinski definition) is 1. The molecule has 0 fully saturated rings. The van der Waals surface area contributed by atoms with Gasteiger partial charge in [0.25, 0.3) is 0 Å². The van der Waals surface area contributed by atoms with Crippen molar-refractivity contribution in [1.82, 2.24) is 0 Å². The Hall–Kier alpha value is -2.15. The van der Waals surface area contributed by atoms with Gasteiger partial charge in [0.2, 0.25) is 0 Å². The molecule has 21 heavy (non-hydrogen) atoms. The number of nitrogens with zero attached hydrogens (tertiary/aromatic N) is 1. The molecule has 0 atom stereocenters. The number of rotatable bonds is 5. The largest absolute Gasteiger partial charge is 0.256 e. The van der Waals surface area contributed by atoms with Gasteiger partial charge in [0, 0.05) is 6.21 Å². The third-order valence-corrected chi connectivity index (χ3v) is 3.62. The molecule has 0 aliphatic carbocycles. The first-order chi connectivity index (χ1) is 10.0. The lowest BCUT2D eigenvalue weighted by atomic mass is 9.97. The van der Waals surface area contributed by atoms with E-state index in [1.54, 1.807) is 0 Å². The van der Waals surface area contributed by atoms with Gasteiger partial charge >= 0.3 is 0 Å². The molecular formula is C20H23N. The lowest BCUT2D eigenvalue weighted by Crippen LogP contribution is -1.96. The molecule has 0 aliphatic rings. The van der Waals surface area contributed by atoms with Crippen LogP contribution in [0.5, 0.6) is 0 Å². The van der Waals surface area contributed by atoms with Gasteiger partial charge in [-0.05, 0) is 42.5 Å². The molecule has 0 amide bonds. The van der Waals surface area contributed by atoms with Crippen LogP contribution in [-0.4, -0.2) is 6.21 Å². The van der Waals surface area contributed by atoms with Crippen LogP contribution in [0.25, 0.3) is 0 Å². The zero-order valence-corrected chi connectivity index (χ0v) is 13.1. The SMILES string of the molecule is C=C(Cc1ccc(/C=N/c2ccc(C)cc2)cc1)C(C)C. The highest BCUT2D eigenvalue weighted by Crippen LogP contribution is 2.15. The maximum absolute atomic E-state index is 4.49. The first kappa shape index (κ1) is 15.2. The van der Waals surface area contributed by atoms with Gasteiger partial charge in [-0.1, -0.05) is 68.0 Å². The summed E-state index contributed by atoms with van der Waals surface area (Å²) in [6.07, 6.45) is 2.86. The Kier molecular flexibility index (Phi) is 5.10. The molecule has 0 saturated carbocycles. The van der Waals surface area contributed by atoms with Crippen LogP contribution in [0.3, 0.4) is 0 Å². The first-order valence-corrected chi connectivity index (χ1v) is 7.42. The van der Waals surface area contributed by atoms with Gasteiger partial charge in [-0.3, -0.25) is 4.99 Å². The quantitative estimate of drug-likeness (QED) is 0.505. The van der Waals surface area contributed by atoms with Crippen LogP contribution in [0.4, 0.5) is 5.69 Å². The lowest BCUT2D eigenvalue weighted by Gasteiger charge is -2.09. The van der Waals surface area contributed by atoms with Crippen molar-refractivity contribution >= 4 is 11.9 Å². The van der Waals surface area contributed by atoms with E-state index in [0.717, 1.165) is 17.7 Å². The van der Waals surface area contributed by atoms with Gasteiger partial charge < -0.3 is 0 Å². The predicted molar refractivity (Wildman–Crippen MR) is 92.6 cm³/mol. The van der Waals surface area contributed by atoms with Crippen molar-refractivity contribution in [2.45, 2.75) is 27.2 Å². The van der Waals surface area contributed by atoms with E-state index in [1.807, 2.05) is 18.3 Å². The lowest BCUT2D eigenvalue weighted by molar-refractivity contribution is 0.745. The molecule has 0 heterocycles. The summed E-state index contributed by atoms with van der Waals surface area (Å²) in [5.41, 5.74) is 5.94. The number of benzene rings is 2. The van der Waals surface area contributed by atoms with E-state index in [2.05, 4.69) is 68.7 Å². The Morgan fingerprint density at radius 3 is 2.24 bits per heavy atom. The average molecular weight is 277 g/mol. The zero-order valence-electron chi connectivity index (χ0n) is 13.1. The van der Waals surface area contributed by atoms with Gasteiger partial charge in [-0.25, -0.2) is 0 Å². The van der Waals surface area contributed by atoms with Crippen molar-refractivity contribution < 1.29 is 0 Å². The Morgan fingerprint density at radius 1 is 1.05 bits per heavy atom. The summed E-state index contributed by atoms with van der Waals surface area (Å²) in [6.45, 7) is 10.6. The van der Waals surface area contributed by atoms with Crippen molar-refractivity contribution in [2.24, 2.45) is 10.9 Å². The summed E-state index contributed by atoms with van der Waals surface area (Å²) >= 11 is 0. The summed E-state index contributed by atoms with van der Waals surface area (Å²) in [7, 11) is 0. The van der Waals surface area contributed by atoms with Crippen molar-refractivity contribution in [3.63, 3.8) is 0 Å². The second-order valence-corrected chi connectivity index (χ2v) is 5.83. The first-order valence-electron chi connectivity index (χ1n) is 7.42. The normalized spacial score (nSPS) is 11.2. The van der Waals surface area contributed by atoms with Crippen molar-refractivity contribution in [1.29, 1.82) is 0 Å². The van der Waals surface area contributed by atoms with E-state index >= 15 is 0 Å². The van der Waals surface area contributed by atoms with Crippen LogP contribution in [0.15, 0.2) is 65.7 Å². The van der Waals surface area contributed by atoms with Crippen molar-refractivity contribution in [3.8, 4) is 0 Å². The Morgan fingerprint density at radius 2 is 1.67 bits per heavy atom. The fourth-order valence-corrected chi connectivity index (χ4v) is 1.97. The molecule has 2 aromatic carbocycles. The van der Waals surface area contributed by atoms with E-state index in [1.165, 1.54) is 16.7 Å². The smallest absolute Gasteiger partial charge is 0.0630 e. The van der Waals surface area contributed by atoms with Crippen LogP contribution in [0, 0.1) is 12.8 Å². The Labute approximate surface area is 128 Å². The van der Waals surface area contributed by atoms with Crippen molar-refractivity contribution in [3.05, 3.63) is 77.4 Å². The molecule has 1 nitrogen and oxygen atoms in total. The van der Waals surface area contributed by atoms with E-state index in [4.69, 9.17) is 0 Å². The van der Waals surface area contributed by atoms with E-state index < -0.39 is 0 Å². The van der Waals surface area contributed by atoms with Crippen LogP contribution in [0.1, 0.15) is 30.5 Å².